The fourth-order valence-electron chi connectivity index (χ4n) is 2.51. The Bertz CT molecular complexity index is 325. The summed E-state index contributed by atoms with van der Waals surface area (Å²) in [5.74, 6) is -5.10. The Labute approximate surface area is 150 Å². The van der Waals surface area contributed by atoms with Crippen LogP contribution in [0.5, 0.6) is 0 Å². The van der Waals surface area contributed by atoms with Gasteiger partial charge in [-0.15, -0.1) is 0 Å². The molecule has 0 saturated heterocycles. The van der Waals surface area contributed by atoms with E-state index in [2.05, 4.69) is 0 Å². The van der Waals surface area contributed by atoms with E-state index in [-0.39, 0.29) is 13.2 Å². The van der Waals surface area contributed by atoms with Crippen LogP contribution in [0.15, 0.2) is 0 Å². The van der Waals surface area contributed by atoms with Crippen molar-refractivity contribution in [2.75, 3.05) is 70.1 Å². The normalized spacial score (nSPS) is 14.2. The Morgan fingerprint density at radius 3 is 0.840 bits per heavy atom. The van der Waals surface area contributed by atoms with E-state index in [1.165, 1.54) is 56.9 Å². The van der Waals surface area contributed by atoms with Crippen LogP contribution in [0.2, 0.25) is 0 Å². The maximum absolute atomic E-state index is 5.81. The molecule has 0 spiro atoms. The second-order valence-corrected chi connectivity index (χ2v) is 5.52. The van der Waals surface area contributed by atoms with Crippen LogP contribution in [0.4, 0.5) is 0 Å². The highest BCUT2D eigenvalue weighted by atomic mass is 16.8. The molecular formula is C16H34O9. The summed E-state index contributed by atoms with van der Waals surface area (Å²) in [5, 5.41) is 0. The topological polar surface area (TPSA) is 83.1 Å². The van der Waals surface area contributed by atoms with Gasteiger partial charge in [0.2, 0.25) is 23.1 Å². The summed E-state index contributed by atoms with van der Waals surface area (Å²) in [6.07, 6.45) is 0. The summed E-state index contributed by atoms with van der Waals surface area (Å²) in [5.41, 5.74) is 0. The second-order valence-electron chi connectivity index (χ2n) is 5.52. The van der Waals surface area contributed by atoms with Crippen molar-refractivity contribution in [2.24, 2.45) is 0 Å². The number of methoxy groups -OCH3 is 8. The monoisotopic (exact) mass is 370 g/mol. The van der Waals surface area contributed by atoms with Crippen molar-refractivity contribution in [3.63, 3.8) is 0 Å². The van der Waals surface area contributed by atoms with Gasteiger partial charge in [0.1, 0.15) is 13.2 Å². The summed E-state index contributed by atoms with van der Waals surface area (Å²) in [7, 11) is 11.8. The van der Waals surface area contributed by atoms with Gasteiger partial charge in [0.15, 0.2) is 0 Å². The molecule has 0 heterocycles. The fourth-order valence-corrected chi connectivity index (χ4v) is 2.51. The second kappa shape index (κ2) is 10.1. The summed E-state index contributed by atoms with van der Waals surface area (Å²) in [6, 6.07) is 0. The van der Waals surface area contributed by atoms with Crippen LogP contribution < -0.4 is 0 Å². The fraction of sp³-hybridized carbons (Fsp3) is 1.00. The molecule has 0 aliphatic heterocycles. The molecule has 0 aromatic carbocycles. The molecule has 0 aromatic heterocycles. The van der Waals surface area contributed by atoms with Gasteiger partial charge in [0, 0.05) is 56.9 Å². The molecule has 0 bridgehead atoms. The van der Waals surface area contributed by atoms with E-state index in [0.29, 0.717) is 0 Å². The smallest absolute Gasteiger partial charge is 0.247 e. The average Bonchev–Trinajstić information content (AvgIpc) is 2.67. The average molecular weight is 370 g/mol. The third kappa shape index (κ3) is 4.49. The van der Waals surface area contributed by atoms with Gasteiger partial charge in [-0.1, -0.05) is 0 Å². The lowest BCUT2D eigenvalue weighted by molar-refractivity contribution is -0.411. The van der Waals surface area contributed by atoms with Gasteiger partial charge >= 0.3 is 0 Å². The van der Waals surface area contributed by atoms with Crippen LogP contribution >= 0.6 is 0 Å². The third-order valence-corrected chi connectivity index (χ3v) is 4.84. The molecule has 0 aliphatic rings. The Morgan fingerprint density at radius 2 is 0.680 bits per heavy atom. The molecule has 0 amide bonds. The zero-order chi connectivity index (χ0) is 19.8. The lowest BCUT2D eigenvalue weighted by Crippen LogP contribution is -2.63. The highest BCUT2D eigenvalue weighted by Crippen LogP contribution is 2.34. The minimum atomic E-state index is -1.33. The standard InChI is InChI=1S/C16H34O9/c1-13(17-3,18-4)15(21-7,22-8)11-25-12-16(23-9,24-10)14(2,19-5)20-6/h11-12H2,1-10H3. The van der Waals surface area contributed by atoms with Crippen LogP contribution in [0, 0.1) is 0 Å². The minimum absolute atomic E-state index is 0.0455. The van der Waals surface area contributed by atoms with Crippen molar-refractivity contribution in [3.8, 4) is 0 Å². The Hall–Kier alpha value is -0.360. The SMILES string of the molecule is COC(C)(OC)C(COCC(OC)(OC)C(C)(OC)OC)(OC)OC. The van der Waals surface area contributed by atoms with Crippen LogP contribution in [0.3, 0.4) is 0 Å². The zero-order valence-corrected chi connectivity index (χ0v) is 17.1. The number of ether oxygens (including phenoxy) is 9. The third-order valence-electron chi connectivity index (χ3n) is 4.84. The molecule has 0 atom stereocenters. The van der Waals surface area contributed by atoms with Crippen molar-refractivity contribution < 1.29 is 42.6 Å². The van der Waals surface area contributed by atoms with E-state index < -0.39 is 23.1 Å². The molecule has 0 saturated carbocycles. The minimum Gasteiger partial charge on any atom is -0.370 e. The first-order valence-corrected chi connectivity index (χ1v) is 7.68. The van der Waals surface area contributed by atoms with E-state index in [0.717, 1.165) is 0 Å². The molecule has 9 heteroatoms. The van der Waals surface area contributed by atoms with Gasteiger partial charge in [-0.05, 0) is 13.8 Å². The van der Waals surface area contributed by atoms with Gasteiger partial charge < -0.3 is 42.6 Å². The first kappa shape index (κ1) is 24.6. The molecule has 0 fully saturated rings. The van der Waals surface area contributed by atoms with Crippen LogP contribution in [-0.4, -0.2) is 93.2 Å². The van der Waals surface area contributed by atoms with Crippen molar-refractivity contribution in [2.45, 2.75) is 37.0 Å². The zero-order valence-electron chi connectivity index (χ0n) is 17.1. The van der Waals surface area contributed by atoms with Crippen molar-refractivity contribution in [1.82, 2.24) is 0 Å². The maximum Gasteiger partial charge on any atom is 0.247 e. The van der Waals surface area contributed by atoms with Gasteiger partial charge in [-0.3, -0.25) is 0 Å². The van der Waals surface area contributed by atoms with Crippen LogP contribution in [-0.2, 0) is 42.6 Å². The summed E-state index contributed by atoms with van der Waals surface area (Å²) >= 11 is 0. The maximum atomic E-state index is 5.81. The Morgan fingerprint density at radius 1 is 0.440 bits per heavy atom. The molecule has 0 rings (SSSR count). The molecule has 25 heavy (non-hydrogen) atoms. The molecule has 0 radical (unpaired) electrons. The van der Waals surface area contributed by atoms with E-state index in [1.54, 1.807) is 13.8 Å². The molecule has 0 aromatic rings. The highest BCUT2D eigenvalue weighted by molar-refractivity contribution is 4.88. The largest absolute Gasteiger partial charge is 0.370 e. The quantitative estimate of drug-likeness (QED) is 0.416. The van der Waals surface area contributed by atoms with E-state index in [9.17, 15) is 0 Å². The van der Waals surface area contributed by atoms with E-state index >= 15 is 0 Å². The molecule has 0 unspecified atom stereocenters. The Kier molecular flexibility index (Phi) is 9.95. The lowest BCUT2D eigenvalue weighted by atomic mass is 10.1. The van der Waals surface area contributed by atoms with Crippen molar-refractivity contribution in [1.29, 1.82) is 0 Å². The van der Waals surface area contributed by atoms with Crippen molar-refractivity contribution in [3.05, 3.63) is 0 Å². The highest BCUT2D eigenvalue weighted by Gasteiger charge is 2.55. The molecule has 9 nitrogen and oxygen atoms in total. The van der Waals surface area contributed by atoms with Crippen LogP contribution in [0.25, 0.3) is 0 Å². The molecule has 0 N–H and O–H groups in total. The molecule has 152 valence electrons. The van der Waals surface area contributed by atoms with E-state index in [4.69, 9.17) is 42.6 Å². The van der Waals surface area contributed by atoms with E-state index in [1.807, 2.05) is 0 Å². The predicted molar refractivity (Wildman–Crippen MR) is 89.2 cm³/mol. The number of hydrogen-bond donors (Lipinski definition) is 0. The van der Waals surface area contributed by atoms with Gasteiger partial charge in [-0.25, -0.2) is 0 Å². The summed E-state index contributed by atoms with van der Waals surface area (Å²) in [4.78, 5) is 0. The lowest BCUT2D eigenvalue weighted by Gasteiger charge is -2.46. The van der Waals surface area contributed by atoms with Gasteiger partial charge in [0.05, 0.1) is 0 Å². The van der Waals surface area contributed by atoms with Crippen LogP contribution in [0.1, 0.15) is 13.8 Å². The number of rotatable bonds is 14. The van der Waals surface area contributed by atoms with Gasteiger partial charge in [-0.2, -0.15) is 0 Å². The summed E-state index contributed by atoms with van der Waals surface area (Å²) in [6.45, 7) is 3.27. The van der Waals surface area contributed by atoms with Crippen molar-refractivity contribution >= 4 is 0 Å². The summed E-state index contributed by atoms with van der Waals surface area (Å²) < 4.78 is 49.5. The predicted octanol–water partition coefficient (Wildman–Crippen LogP) is 0.999. The number of hydrogen-bond acceptors (Lipinski definition) is 9. The van der Waals surface area contributed by atoms with Gasteiger partial charge in [0.25, 0.3) is 0 Å². The first-order valence-electron chi connectivity index (χ1n) is 7.68. The first-order chi connectivity index (χ1) is 11.7. The molecular weight excluding hydrogens is 336 g/mol. The molecule has 0 aliphatic carbocycles. The Balaban J connectivity index is 5.43.